The largest absolute Gasteiger partial charge is 0.746 e. The van der Waals surface area contributed by atoms with E-state index in [2.05, 4.69) is 4.74 Å². The Morgan fingerprint density at radius 3 is 2.09 bits per heavy atom. The van der Waals surface area contributed by atoms with Crippen LogP contribution >= 0.6 is 11.8 Å². The molecule has 0 N–H and O–H groups in total. The number of amides is 1. The minimum absolute atomic E-state index is 0. The Morgan fingerprint density at radius 1 is 1.00 bits per heavy atom. The van der Waals surface area contributed by atoms with Gasteiger partial charge in [0.15, 0.2) is 0 Å². The fourth-order valence-electron chi connectivity index (χ4n) is 6.49. The normalized spacial score (nSPS) is 26.6. The zero-order valence-electron chi connectivity index (χ0n) is 23.2. The van der Waals surface area contributed by atoms with Crippen LogP contribution in [0.5, 0.6) is 0 Å². The van der Waals surface area contributed by atoms with Crippen LogP contribution in [0.3, 0.4) is 0 Å². The van der Waals surface area contributed by atoms with Crippen LogP contribution in [0.4, 0.5) is 8.78 Å². The van der Waals surface area contributed by atoms with Gasteiger partial charge >= 0.3 is 5.97 Å². The molecule has 2 bridgehead atoms. The number of rotatable bonds is 6. The van der Waals surface area contributed by atoms with Gasteiger partial charge in [0.2, 0.25) is 5.91 Å². The molecule has 0 radical (unpaired) electrons. The molecule has 1 amide bonds. The summed E-state index contributed by atoms with van der Waals surface area (Å²) < 4.78 is 70.9. The second kappa shape index (κ2) is 9.88. The number of carbonyl (C=O) groups excluding carboxylic acids is 3. The van der Waals surface area contributed by atoms with Crippen molar-refractivity contribution in [1.29, 1.82) is 0 Å². The zero-order chi connectivity index (χ0) is 30.4. The Bertz CT molecular complexity index is 1710. The monoisotopic (exact) mass is 884 g/mol. The third-order valence-electron chi connectivity index (χ3n) is 8.09. The van der Waals surface area contributed by atoms with Crippen LogP contribution < -0.4 is 0 Å². The van der Waals surface area contributed by atoms with Crippen molar-refractivity contribution in [3.8, 4) is 0 Å². The molecule has 0 spiro atoms. The summed E-state index contributed by atoms with van der Waals surface area (Å²) in [5.41, 5.74) is -0.428. The number of carbonyl (C=O) groups is 3. The fourth-order valence-corrected chi connectivity index (χ4v) is 8.73. The SMILES string of the molecule is CC(C)(C)N1C(=O)C2C3SC(C(OC(=O)c4c5ccccc5cc5ccccc45)C31)C2C(=O)O[CH-]C(F)(F)S(=O)(=O)[O-].[Rf]. The number of benzene rings is 3. The number of esters is 2. The minimum atomic E-state index is -6.14. The number of alkyl halides is 2. The number of ether oxygens (including phenoxy) is 2. The summed E-state index contributed by atoms with van der Waals surface area (Å²) in [6.45, 7) is 4.78. The first-order valence-electron chi connectivity index (χ1n) is 13.1. The molecule has 6 unspecified atom stereocenters. The van der Waals surface area contributed by atoms with Crippen molar-refractivity contribution in [2.24, 2.45) is 11.8 Å². The van der Waals surface area contributed by atoms with Crippen molar-refractivity contribution in [2.45, 2.75) is 54.2 Å². The van der Waals surface area contributed by atoms with E-state index in [-0.39, 0.29) is 0 Å². The molecule has 3 aromatic carbocycles. The van der Waals surface area contributed by atoms with Gasteiger partial charge in [-0.2, -0.15) is 0 Å². The Labute approximate surface area is 244 Å². The number of thioether (sulfide) groups is 1. The van der Waals surface area contributed by atoms with Crippen LogP contribution in [-0.2, 0) is 29.2 Å². The van der Waals surface area contributed by atoms with E-state index in [1.807, 2.05) is 30.3 Å². The van der Waals surface area contributed by atoms with Crippen molar-refractivity contribution in [3.05, 3.63) is 66.8 Å². The first-order valence-corrected chi connectivity index (χ1v) is 15.5. The van der Waals surface area contributed by atoms with E-state index in [4.69, 9.17) is 4.74 Å². The quantitative estimate of drug-likeness (QED) is 0.156. The number of likely N-dealkylation sites (tertiary alicyclic amines) is 1. The molecule has 43 heavy (non-hydrogen) atoms. The molecule has 3 heterocycles. The zero-order valence-corrected chi connectivity index (χ0v) is 31.3. The van der Waals surface area contributed by atoms with Gasteiger partial charge in [0.1, 0.15) is 16.2 Å². The van der Waals surface area contributed by atoms with Gasteiger partial charge in [-0.1, -0.05) is 55.1 Å². The van der Waals surface area contributed by atoms with Crippen molar-refractivity contribution in [2.75, 3.05) is 0 Å². The summed E-state index contributed by atoms with van der Waals surface area (Å²) in [5.74, 6) is -4.68. The Balaban J connectivity index is 0.00000368. The summed E-state index contributed by atoms with van der Waals surface area (Å²) in [4.78, 5) is 42.4. The molecule has 14 heteroatoms. The molecule has 0 aliphatic carbocycles. The summed E-state index contributed by atoms with van der Waals surface area (Å²) in [6.07, 6.45) is -1.01. The second-order valence-corrected chi connectivity index (χ2v) is 14.4. The van der Waals surface area contributed by atoms with Crippen molar-refractivity contribution >= 4 is 61.3 Å². The minimum Gasteiger partial charge on any atom is -0.746 e. The van der Waals surface area contributed by atoms with Gasteiger partial charge in [-0.25, -0.2) is 22.0 Å². The van der Waals surface area contributed by atoms with Crippen molar-refractivity contribution in [3.63, 3.8) is 0 Å². The van der Waals surface area contributed by atoms with Gasteiger partial charge in [-0.15, -0.1) is 11.8 Å². The number of nitrogens with zero attached hydrogens (tertiary/aromatic N) is 1. The number of hydrogen-bond acceptors (Lipinski definition) is 9. The molecule has 6 rings (SSSR count). The molecular formula is C29H25F2NO8RfS2-2. The summed E-state index contributed by atoms with van der Waals surface area (Å²) in [6, 6.07) is 16.0. The van der Waals surface area contributed by atoms with E-state index in [0.717, 1.165) is 10.8 Å². The van der Waals surface area contributed by atoms with Gasteiger partial charge in [0.25, 0.3) is 11.2 Å². The van der Waals surface area contributed by atoms with Crippen LogP contribution in [0, 0.1) is 18.4 Å². The maximum atomic E-state index is 14.0. The van der Waals surface area contributed by atoms with E-state index >= 15 is 0 Å². The van der Waals surface area contributed by atoms with Crippen molar-refractivity contribution in [1.82, 2.24) is 4.90 Å². The summed E-state index contributed by atoms with van der Waals surface area (Å²) >= 11 is 1.24. The maximum Gasteiger partial charge on any atom is 0.339 e. The molecule has 0 saturated carbocycles. The predicted octanol–water partition coefficient (Wildman–Crippen LogP) is 4.10. The first kappa shape index (κ1) is 30.2. The van der Waals surface area contributed by atoms with Crippen LogP contribution in [0.1, 0.15) is 31.1 Å². The molecule has 3 saturated heterocycles. The van der Waals surface area contributed by atoms with Gasteiger partial charge in [-0.05, 0) is 48.4 Å². The van der Waals surface area contributed by atoms with Gasteiger partial charge < -0.3 is 18.9 Å². The smallest absolute Gasteiger partial charge is 0.339 e. The average molecular weight is 885 g/mol. The molecule has 3 fully saturated rings. The van der Waals surface area contributed by atoms with Gasteiger partial charge in [0, 0.05) is 10.8 Å². The summed E-state index contributed by atoms with van der Waals surface area (Å²) in [5, 5.41) is -3.40. The molecule has 6 atom stereocenters. The Hall–Kier alpha value is -4.29. The van der Waals surface area contributed by atoms with Gasteiger partial charge in [-0.3, -0.25) is 9.59 Å². The molecule has 3 aliphatic rings. The first-order chi connectivity index (χ1) is 19.6. The van der Waals surface area contributed by atoms with E-state index in [1.54, 1.807) is 49.9 Å². The van der Waals surface area contributed by atoms with Crippen LogP contribution in [-0.4, -0.2) is 69.2 Å². The average Bonchev–Trinajstić information content (AvgIpc) is 3.52. The third-order valence-corrected chi connectivity index (χ3v) is 10.6. The van der Waals surface area contributed by atoms with E-state index in [9.17, 15) is 36.1 Å². The van der Waals surface area contributed by atoms with E-state index < -0.39 is 79.8 Å². The van der Waals surface area contributed by atoms with Crippen LogP contribution in [0.15, 0.2) is 54.6 Å². The molecular weight excluding hydrogens is 859 g/mol. The maximum absolute atomic E-state index is 14.0. The van der Waals surface area contributed by atoms with Crippen molar-refractivity contribution < 1.29 is 45.6 Å². The Morgan fingerprint density at radius 2 is 1.56 bits per heavy atom. The summed E-state index contributed by atoms with van der Waals surface area (Å²) in [7, 11) is -6.14. The van der Waals surface area contributed by atoms with E-state index in [0.29, 0.717) is 16.3 Å². The van der Waals surface area contributed by atoms with E-state index in [1.165, 1.54) is 11.8 Å². The molecule has 0 aromatic heterocycles. The fraction of sp³-hybridized carbons (Fsp3) is 0.379. The predicted molar refractivity (Wildman–Crippen MR) is 148 cm³/mol. The molecule has 224 valence electrons. The second-order valence-electron chi connectivity index (χ2n) is 11.6. The topological polar surface area (TPSA) is 130 Å². The van der Waals surface area contributed by atoms with Gasteiger partial charge in [0.05, 0.1) is 28.7 Å². The molecule has 3 aromatic rings. The van der Waals surface area contributed by atoms with Crippen LogP contribution in [0.2, 0.25) is 0 Å². The molecule has 9 nitrogen and oxygen atoms in total. The third kappa shape index (κ3) is 4.56. The standard InChI is InChI=1S/C29H26F2NO8S2.Rf/c1-28(2,3)32-21-22(40-27(35)18-16-10-6-4-8-14(16)12-15-9-5-7-11-17(15)18)24-20(19(25(32)33)23(21)41-24)26(34)39-13-29(30,31)42(36,37)38;/h4-13,19-24H,1-3H3,(H,36,37,38);/q-1;/p-1. The number of fused-ring (bicyclic) bond motifs is 3. The number of hydrogen-bond donors (Lipinski definition) is 0. The van der Waals surface area contributed by atoms with Crippen LogP contribution in [0.25, 0.3) is 21.5 Å². The molecule has 3 aliphatic heterocycles. The Kier molecular flexibility index (Phi) is 6.94. The number of halogens is 2.